The molecule has 0 amide bonds. The number of aromatic nitrogens is 2. The molecular weight excluding hydrogens is 460 g/mol. The van der Waals surface area contributed by atoms with Gasteiger partial charge in [0, 0.05) is 70.0 Å². The van der Waals surface area contributed by atoms with Gasteiger partial charge in [0.05, 0.1) is 11.2 Å². The van der Waals surface area contributed by atoms with E-state index in [1.807, 2.05) is 10.7 Å². The summed E-state index contributed by atoms with van der Waals surface area (Å²) in [7, 11) is 0. The van der Waals surface area contributed by atoms with Crippen LogP contribution in [0.1, 0.15) is 46.1 Å². The van der Waals surface area contributed by atoms with Crippen LogP contribution in [-0.2, 0) is 10.3 Å². The number of ether oxygens (including phenoxy) is 1. The van der Waals surface area contributed by atoms with Gasteiger partial charge in [-0.05, 0) is 70.0 Å². The monoisotopic (exact) mass is 504 g/mol. The predicted octanol–water partition coefficient (Wildman–Crippen LogP) is 4.43. The third-order valence-electron chi connectivity index (χ3n) is 8.16. The summed E-state index contributed by atoms with van der Waals surface area (Å²) >= 11 is 0. The van der Waals surface area contributed by atoms with Gasteiger partial charge >= 0.3 is 0 Å². The highest BCUT2D eigenvalue weighted by Gasteiger charge is 2.38. The highest BCUT2D eigenvalue weighted by atomic mass is 16.5. The van der Waals surface area contributed by atoms with Gasteiger partial charge in [0.1, 0.15) is 5.60 Å². The first-order valence-electron chi connectivity index (χ1n) is 14.2. The van der Waals surface area contributed by atoms with Crippen LogP contribution in [0.2, 0.25) is 0 Å². The molecule has 0 saturated carbocycles. The molecule has 1 N–H and O–H groups in total. The van der Waals surface area contributed by atoms with Crippen molar-refractivity contribution in [2.45, 2.75) is 52.2 Å². The van der Waals surface area contributed by atoms with Crippen molar-refractivity contribution in [2.24, 2.45) is 0 Å². The van der Waals surface area contributed by atoms with Crippen molar-refractivity contribution in [3.8, 4) is 11.1 Å². The summed E-state index contributed by atoms with van der Waals surface area (Å²) in [6, 6.07) is 14.1. The number of nitrogens with one attached hydrogen (secondary N) is 1. The second-order valence-electron chi connectivity index (χ2n) is 10.8. The van der Waals surface area contributed by atoms with Crippen LogP contribution in [0.25, 0.3) is 16.6 Å². The molecule has 2 saturated heterocycles. The minimum absolute atomic E-state index is 0.217. The number of fused-ring (bicyclic) bond motifs is 1. The van der Waals surface area contributed by atoms with E-state index in [0.717, 1.165) is 65.5 Å². The Balaban J connectivity index is 1.36. The number of hydrogen-bond acceptors (Lipinski definition) is 6. The number of likely N-dealkylation sites (tertiary alicyclic amines) is 1. The lowest BCUT2D eigenvalue weighted by molar-refractivity contribution is -0.0971. The molecule has 2 aromatic heterocycles. The van der Waals surface area contributed by atoms with E-state index in [2.05, 4.69) is 95.4 Å². The minimum atomic E-state index is -0.217. The molecule has 5 rings (SSSR count). The zero-order valence-electron chi connectivity index (χ0n) is 23.1. The Morgan fingerprint density at radius 3 is 2.49 bits per heavy atom. The lowest BCUT2D eigenvalue weighted by Gasteiger charge is -2.44. The Morgan fingerprint density at radius 2 is 1.78 bits per heavy atom. The number of hydrogen-bond donors (Lipinski definition) is 1. The van der Waals surface area contributed by atoms with Gasteiger partial charge in [-0.2, -0.15) is 5.10 Å². The highest BCUT2D eigenvalue weighted by Crippen LogP contribution is 2.37. The second kappa shape index (κ2) is 11.5. The first kappa shape index (κ1) is 26.2. The molecule has 0 unspecified atom stereocenters. The molecule has 37 heavy (non-hydrogen) atoms. The van der Waals surface area contributed by atoms with E-state index in [-0.39, 0.29) is 5.60 Å². The van der Waals surface area contributed by atoms with Crippen LogP contribution in [0.4, 0.5) is 5.69 Å². The molecule has 0 bridgehead atoms. The van der Waals surface area contributed by atoms with Crippen molar-refractivity contribution in [1.82, 2.24) is 24.7 Å². The number of anilines is 1. The highest BCUT2D eigenvalue weighted by molar-refractivity contribution is 5.80. The fourth-order valence-electron chi connectivity index (χ4n) is 6.02. The summed E-state index contributed by atoms with van der Waals surface area (Å²) < 4.78 is 8.51. The van der Waals surface area contributed by atoms with Crippen LogP contribution in [0.15, 0.2) is 48.8 Å². The standard InChI is InChI=1S/C30H44N6O/c1-5-31-23-33-16-18-34(19-17-33)28-12-14-32-36-21-26(20-29(28)36)25-8-10-27(11-9-25)30(37-6-2)13-7-15-35(22-30)24(3)4/h8-12,14,20-21,24,31H,5-7,13,15-19,22-23H2,1-4H3/t30-/m0/s1. The molecule has 4 heterocycles. The van der Waals surface area contributed by atoms with Crippen LogP contribution < -0.4 is 10.2 Å². The molecule has 7 heteroatoms. The van der Waals surface area contributed by atoms with E-state index >= 15 is 0 Å². The molecule has 3 aromatic rings. The first-order chi connectivity index (χ1) is 18.0. The van der Waals surface area contributed by atoms with Crippen LogP contribution in [-0.4, -0.2) is 84.5 Å². The van der Waals surface area contributed by atoms with Gasteiger partial charge in [0.15, 0.2) is 0 Å². The molecule has 0 radical (unpaired) electrons. The second-order valence-corrected chi connectivity index (χ2v) is 10.8. The summed E-state index contributed by atoms with van der Waals surface area (Å²) in [4.78, 5) is 7.55. The van der Waals surface area contributed by atoms with Gasteiger partial charge in [-0.25, -0.2) is 4.52 Å². The normalized spacial score (nSPS) is 21.8. The van der Waals surface area contributed by atoms with Crippen LogP contribution in [0.3, 0.4) is 0 Å². The number of piperidine rings is 1. The Hall–Kier alpha value is -2.45. The molecule has 2 fully saturated rings. The lowest BCUT2D eigenvalue weighted by atomic mass is 9.84. The van der Waals surface area contributed by atoms with Crippen molar-refractivity contribution in [1.29, 1.82) is 0 Å². The quantitative estimate of drug-likeness (QED) is 0.465. The number of rotatable bonds is 9. The van der Waals surface area contributed by atoms with Gasteiger partial charge in [0.25, 0.3) is 0 Å². The minimum Gasteiger partial charge on any atom is -0.369 e. The molecule has 7 nitrogen and oxygen atoms in total. The number of benzene rings is 1. The average molecular weight is 505 g/mol. The third-order valence-corrected chi connectivity index (χ3v) is 8.16. The van der Waals surface area contributed by atoms with Gasteiger partial charge < -0.3 is 15.0 Å². The third kappa shape index (κ3) is 5.55. The van der Waals surface area contributed by atoms with E-state index in [4.69, 9.17) is 4.74 Å². The Kier molecular flexibility index (Phi) is 8.15. The fraction of sp³-hybridized carbons (Fsp3) is 0.567. The molecular formula is C30H44N6O. The van der Waals surface area contributed by atoms with E-state index in [1.165, 1.54) is 34.3 Å². The number of piperazine rings is 1. The van der Waals surface area contributed by atoms with Gasteiger partial charge in [-0.15, -0.1) is 0 Å². The Bertz CT molecular complexity index is 1150. The van der Waals surface area contributed by atoms with Crippen molar-refractivity contribution < 1.29 is 4.74 Å². The van der Waals surface area contributed by atoms with E-state index in [0.29, 0.717) is 6.04 Å². The predicted molar refractivity (Wildman–Crippen MR) is 152 cm³/mol. The molecule has 2 aliphatic rings. The average Bonchev–Trinajstić information content (AvgIpc) is 3.37. The van der Waals surface area contributed by atoms with Crippen molar-refractivity contribution >= 4 is 11.2 Å². The van der Waals surface area contributed by atoms with Crippen molar-refractivity contribution in [3.63, 3.8) is 0 Å². The maximum absolute atomic E-state index is 6.47. The van der Waals surface area contributed by atoms with Gasteiger partial charge in [-0.1, -0.05) is 31.2 Å². The van der Waals surface area contributed by atoms with E-state index in [1.54, 1.807) is 0 Å². The molecule has 1 atom stereocenters. The maximum atomic E-state index is 6.47. The van der Waals surface area contributed by atoms with E-state index in [9.17, 15) is 0 Å². The van der Waals surface area contributed by atoms with Gasteiger partial charge in [-0.3, -0.25) is 9.80 Å². The van der Waals surface area contributed by atoms with Gasteiger partial charge in [0.2, 0.25) is 0 Å². The van der Waals surface area contributed by atoms with Crippen molar-refractivity contribution in [2.75, 3.05) is 64.0 Å². The molecule has 0 spiro atoms. The van der Waals surface area contributed by atoms with Crippen LogP contribution >= 0.6 is 0 Å². The summed E-state index contributed by atoms with van der Waals surface area (Å²) in [5.41, 5.74) is 5.94. The van der Waals surface area contributed by atoms with E-state index < -0.39 is 0 Å². The topological polar surface area (TPSA) is 48.3 Å². The number of nitrogens with zero attached hydrogens (tertiary/aromatic N) is 5. The van der Waals surface area contributed by atoms with Crippen LogP contribution in [0, 0.1) is 0 Å². The summed E-state index contributed by atoms with van der Waals surface area (Å²) in [5.74, 6) is 0. The largest absolute Gasteiger partial charge is 0.369 e. The summed E-state index contributed by atoms with van der Waals surface area (Å²) in [6.45, 7) is 17.9. The van der Waals surface area contributed by atoms with Crippen LogP contribution in [0.5, 0.6) is 0 Å². The maximum Gasteiger partial charge on any atom is 0.106 e. The zero-order valence-corrected chi connectivity index (χ0v) is 23.1. The fourth-order valence-corrected chi connectivity index (χ4v) is 6.02. The Labute approximate surface area is 222 Å². The lowest BCUT2D eigenvalue weighted by Crippen LogP contribution is -2.50. The molecule has 1 aromatic carbocycles. The first-order valence-corrected chi connectivity index (χ1v) is 14.2. The smallest absolute Gasteiger partial charge is 0.106 e. The summed E-state index contributed by atoms with van der Waals surface area (Å²) in [5, 5.41) is 8.08. The Morgan fingerprint density at radius 1 is 1.00 bits per heavy atom. The SMILES string of the molecule is CCNCN1CCN(c2ccnn3cc(-c4ccc([C@]5(OCC)CCCN(C(C)C)C5)cc4)cc23)CC1. The zero-order chi connectivity index (χ0) is 25.8. The molecule has 2 aliphatic heterocycles. The molecule has 0 aliphatic carbocycles. The molecule has 200 valence electrons. The van der Waals surface area contributed by atoms with Crippen molar-refractivity contribution in [3.05, 3.63) is 54.4 Å². The summed E-state index contributed by atoms with van der Waals surface area (Å²) in [6.07, 6.45) is 6.33.